The van der Waals surface area contributed by atoms with Crippen LogP contribution in [0.2, 0.25) is 5.02 Å². The lowest BCUT2D eigenvalue weighted by atomic mass is 9.93. The molecule has 0 aromatic heterocycles. The van der Waals surface area contributed by atoms with E-state index in [0.29, 0.717) is 29.7 Å². The maximum atomic E-state index is 14.4. The second kappa shape index (κ2) is 12.2. The second-order valence-corrected chi connectivity index (χ2v) is 10.5. The number of methoxy groups -OCH3 is 1. The number of terminal acetylenes is 1. The van der Waals surface area contributed by atoms with Crippen LogP contribution in [0.5, 0.6) is 5.75 Å². The Balaban J connectivity index is 0.000000242. The number of hydrogen-bond acceptors (Lipinski definition) is 8. The van der Waals surface area contributed by atoms with E-state index in [9.17, 15) is 27.2 Å². The maximum Gasteiger partial charge on any atom is 0.420 e. The average molecular weight is 578 g/mol. The molecule has 39 heavy (non-hydrogen) atoms. The van der Waals surface area contributed by atoms with Gasteiger partial charge in [-0.2, -0.15) is 0 Å². The molecular formula is C26H25ClFN3O7S. The summed E-state index contributed by atoms with van der Waals surface area (Å²) in [5.74, 6) is 0.807. The Kier molecular flexibility index (Phi) is 9.21. The van der Waals surface area contributed by atoms with Crippen molar-refractivity contribution in [2.75, 3.05) is 17.7 Å². The largest absolute Gasteiger partial charge is 0.476 e. The van der Waals surface area contributed by atoms with E-state index in [1.807, 2.05) is 0 Å². The number of nitrogen functional groups attached to an aromatic ring is 1. The summed E-state index contributed by atoms with van der Waals surface area (Å²) in [7, 11) is -2.79. The molecule has 2 aliphatic rings. The van der Waals surface area contributed by atoms with Crippen LogP contribution in [0.25, 0.3) is 0 Å². The molecule has 0 saturated carbocycles. The number of nitrogens with zero attached hydrogens (tertiary/aromatic N) is 1. The van der Waals surface area contributed by atoms with Crippen LogP contribution >= 0.6 is 11.6 Å². The Hall–Kier alpha value is -4.08. The van der Waals surface area contributed by atoms with Gasteiger partial charge in [0.1, 0.15) is 11.6 Å². The third kappa shape index (κ3) is 6.68. The Labute approximate surface area is 229 Å². The van der Waals surface area contributed by atoms with E-state index >= 15 is 0 Å². The summed E-state index contributed by atoms with van der Waals surface area (Å²) in [6.45, 7) is 1.63. The molecule has 10 nitrogen and oxygen atoms in total. The third-order valence-electron chi connectivity index (χ3n) is 5.76. The van der Waals surface area contributed by atoms with Crippen LogP contribution in [0.3, 0.4) is 0 Å². The summed E-state index contributed by atoms with van der Waals surface area (Å²) in [5.41, 5.74) is 6.64. The van der Waals surface area contributed by atoms with E-state index in [-0.39, 0.29) is 21.4 Å². The smallest absolute Gasteiger partial charge is 0.420 e. The molecule has 1 aliphatic carbocycles. The van der Waals surface area contributed by atoms with Gasteiger partial charge in [0, 0.05) is 22.9 Å². The van der Waals surface area contributed by atoms with Crippen LogP contribution in [0.15, 0.2) is 52.4 Å². The first-order chi connectivity index (χ1) is 18.4. The first kappa shape index (κ1) is 29.5. The minimum absolute atomic E-state index is 0.0233. The van der Waals surface area contributed by atoms with Gasteiger partial charge in [-0.05, 0) is 62.9 Å². The summed E-state index contributed by atoms with van der Waals surface area (Å²) in [4.78, 5) is 36.7. The van der Waals surface area contributed by atoms with Crippen LogP contribution in [-0.2, 0) is 24.3 Å². The Morgan fingerprint density at radius 1 is 1.15 bits per heavy atom. The van der Waals surface area contributed by atoms with Crippen molar-refractivity contribution in [1.82, 2.24) is 4.72 Å². The molecule has 206 valence electrons. The maximum absolute atomic E-state index is 14.4. The molecular weight excluding hydrogens is 553 g/mol. The number of sulfonamides is 1. The Morgan fingerprint density at radius 3 is 2.23 bits per heavy atom. The summed E-state index contributed by atoms with van der Waals surface area (Å²) < 4.78 is 48.6. The molecule has 0 bridgehead atoms. The lowest BCUT2D eigenvalue weighted by Crippen LogP contribution is -2.32. The van der Waals surface area contributed by atoms with E-state index < -0.39 is 39.9 Å². The summed E-state index contributed by atoms with van der Waals surface area (Å²) in [5, 5.41) is 0.0233. The van der Waals surface area contributed by atoms with Crippen molar-refractivity contribution in [3.05, 3.63) is 58.4 Å². The van der Waals surface area contributed by atoms with Gasteiger partial charge in [-0.25, -0.2) is 27.2 Å². The average Bonchev–Trinajstić information content (AvgIpc) is 3.15. The number of imide groups is 1. The minimum atomic E-state index is -3.87. The Bertz CT molecular complexity index is 1460. The highest BCUT2D eigenvalue weighted by atomic mass is 35.5. The van der Waals surface area contributed by atoms with Gasteiger partial charge in [0.05, 0.1) is 22.7 Å². The zero-order valence-electron chi connectivity index (χ0n) is 21.0. The number of ether oxygens (including phenoxy) is 2. The van der Waals surface area contributed by atoms with E-state index in [1.54, 1.807) is 11.6 Å². The van der Waals surface area contributed by atoms with Gasteiger partial charge < -0.3 is 15.2 Å². The fourth-order valence-corrected chi connectivity index (χ4v) is 4.93. The zero-order chi connectivity index (χ0) is 28.9. The number of amides is 3. The number of hydrogen-bond donors (Lipinski definition) is 2. The molecule has 0 saturated heterocycles. The Morgan fingerprint density at radius 2 is 1.72 bits per heavy atom. The molecule has 0 fully saturated rings. The zero-order valence-corrected chi connectivity index (χ0v) is 22.6. The number of nitrogens with two attached hydrogens (primary N) is 1. The molecule has 2 aromatic rings. The lowest BCUT2D eigenvalue weighted by Gasteiger charge is -2.19. The van der Waals surface area contributed by atoms with Crippen LogP contribution < -0.4 is 20.1 Å². The first-order valence-corrected chi connectivity index (χ1v) is 13.4. The van der Waals surface area contributed by atoms with Crippen molar-refractivity contribution in [1.29, 1.82) is 0 Å². The van der Waals surface area contributed by atoms with Gasteiger partial charge in [-0.3, -0.25) is 9.59 Å². The van der Waals surface area contributed by atoms with E-state index in [4.69, 9.17) is 28.5 Å². The van der Waals surface area contributed by atoms with E-state index in [2.05, 4.69) is 10.7 Å². The molecule has 2 aromatic carbocycles. The summed E-state index contributed by atoms with van der Waals surface area (Å²) in [6, 6.07) is 7.70. The van der Waals surface area contributed by atoms with Crippen LogP contribution in [0, 0.1) is 18.2 Å². The van der Waals surface area contributed by atoms with Crippen molar-refractivity contribution in [3.63, 3.8) is 0 Å². The van der Waals surface area contributed by atoms with Gasteiger partial charge in [0.25, 0.3) is 21.8 Å². The van der Waals surface area contributed by atoms with Crippen molar-refractivity contribution in [2.45, 2.75) is 43.6 Å². The highest BCUT2D eigenvalue weighted by Crippen LogP contribution is 2.39. The molecule has 3 amide bonds. The number of rotatable bonds is 5. The molecule has 4 rings (SSSR count). The van der Waals surface area contributed by atoms with Crippen molar-refractivity contribution in [3.8, 4) is 18.1 Å². The summed E-state index contributed by atoms with van der Waals surface area (Å²) >= 11 is 5.97. The quantitative estimate of drug-likeness (QED) is 0.309. The molecule has 1 unspecified atom stereocenters. The molecule has 0 radical (unpaired) electrons. The number of benzene rings is 2. The number of anilines is 2. The minimum Gasteiger partial charge on any atom is -0.476 e. The lowest BCUT2D eigenvalue weighted by molar-refractivity contribution is -0.120. The number of nitrogens with one attached hydrogen (secondary N) is 1. The fourth-order valence-electron chi connectivity index (χ4n) is 3.82. The standard InChI is InChI=1S/C18H15ClFNO3.C8H10N2O4S/c1-3-10(2)24-16-9-15(14(20)8-13(16)19)21-17(22)11-6-4-5-7-12(11)18(21)23;1-14-8(11)10-15(12,13)7-4-2-6(9)3-5-7/h1,8-10H,4-7H2,2H3;2-5H,9H2,1H3,(H,10,11). The number of carbonyl (C=O) groups is 3. The van der Waals surface area contributed by atoms with Gasteiger partial charge in [0.2, 0.25) is 0 Å². The van der Waals surface area contributed by atoms with Gasteiger partial charge in [-0.1, -0.05) is 17.5 Å². The normalized spacial score (nSPS) is 15.5. The molecule has 1 atom stereocenters. The molecule has 3 N–H and O–H groups in total. The first-order valence-electron chi connectivity index (χ1n) is 11.6. The van der Waals surface area contributed by atoms with E-state index in [1.165, 1.54) is 30.3 Å². The van der Waals surface area contributed by atoms with Gasteiger partial charge >= 0.3 is 6.09 Å². The van der Waals surface area contributed by atoms with Crippen LogP contribution in [-0.4, -0.2) is 39.5 Å². The SMILES string of the molecule is C#CC(C)Oc1cc(N2C(=O)C3=C(CCCC3)C2=O)c(F)cc1Cl.COC(=O)NS(=O)(=O)c1ccc(N)cc1. The van der Waals surface area contributed by atoms with Crippen LogP contribution in [0.1, 0.15) is 32.6 Å². The second-order valence-electron chi connectivity index (χ2n) is 8.44. The van der Waals surface area contributed by atoms with Gasteiger partial charge in [0.15, 0.2) is 6.10 Å². The summed E-state index contributed by atoms with van der Waals surface area (Å²) in [6.07, 6.45) is 6.43. The number of carbonyl (C=O) groups excluding carboxylic acids is 3. The third-order valence-corrected chi connectivity index (χ3v) is 7.39. The highest BCUT2D eigenvalue weighted by Gasteiger charge is 2.41. The highest BCUT2D eigenvalue weighted by molar-refractivity contribution is 7.90. The molecule has 1 heterocycles. The van der Waals surface area contributed by atoms with Crippen molar-refractivity contribution >= 4 is 50.9 Å². The molecule has 13 heteroatoms. The van der Waals surface area contributed by atoms with Crippen molar-refractivity contribution in [2.24, 2.45) is 0 Å². The monoisotopic (exact) mass is 577 g/mol. The predicted octanol–water partition coefficient (Wildman–Crippen LogP) is 3.94. The molecule has 0 spiro atoms. The van der Waals surface area contributed by atoms with E-state index in [0.717, 1.165) is 30.9 Å². The fraction of sp³-hybridized carbons (Fsp3) is 0.269. The van der Waals surface area contributed by atoms with Crippen molar-refractivity contribution < 1.29 is 36.7 Å². The number of halogens is 2. The predicted molar refractivity (Wildman–Crippen MR) is 142 cm³/mol. The van der Waals surface area contributed by atoms with Crippen LogP contribution in [0.4, 0.5) is 20.6 Å². The molecule has 1 aliphatic heterocycles. The van der Waals surface area contributed by atoms with Gasteiger partial charge in [-0.15, -0.1) is 6.42 Å². The topological polar surface area (TPSA) is 145 Å².